The molecule has 0 aliphatic carbocycles. The molecule has 0 radical (unpaired) electrons. The summed E-state index contributed by atoms with van der Waals surface area (Å²) < 4.78 is 0. The molecule has 0 spiro atoms. The molecule has 0 fully saturated rings. The smallest absolute Gasteiger partial charge is 0.306 e. The molecule has 18 heavy (non-hydrogen) atoms. The van der Waals surface area contributed by atoms with E-state index >= 15 is 0 Å². The first-order chi connectivity index (χ1) is 8.74. The van der Waals surface area contributed by atoms with Gasteiger partial charge in [-0.05, 0) is 24.8 Å². The Kier molecular flexibility index (Phi) is 7.74. The van der Waals surface area contributed by atoms with Gasteiger partial charge in [0.1, 0.15) is 0 Å². The third-order valence-electron chi connectivity index (χ3n) is 3.11. The molecule has 0 amide bonds. The van der Waals surface area contributed by atoms with Gasteiger partial charge in [-0.2, -0.15) is 0 Å². The normalized spacial score (nSPS) is 12.3. The van der Waals surface area contributed by atoms with Crippen LogP contribution >= 0.6 is 15.9 Å². The minimum atomic E-state index is -0.667. The van der Waals surface area contributed by atoms with Gasteiger partial charge in [-0.1, -0.05) is 65.5 Å². The van der Waals surface area contributed by atoms with Crippen molar-refractivity contribution >= 4 is 21.9 Å². The van der Waals surface area contributed by atoms with E-state index in [2.05, 4.69) is 15.9 Å². The molecule has 0 heterocycles. The summed E-state index contributed by atoms with van der Waals surface area (Å²) in [4.78, 5) is 11.2. The fraction of sp³-hybridized carbons (Fsp3) is 0.533. The molecule has 3 heteroatoms. The van der Waals surface area contributed by atoms with Gasteiger partial charge in [0.15, 0.2) is 0 Å². The molecule has 1 unspecified atom stereocenters. The van der Waals surface area contributed by atoms with Crippen molar-refractivity contribution in [2.45, 2.75) is 38.5 Å². The lowest BCUT2D eigenvalue weighted by molar-refractivity contribution is -0.142. The monoisotopic (exact) mass is 312 g/mol. The zero-order valence-corrected chi connectivity index (χ0v) is 12.2. The second-order valence-electron chi connectivity index (χ2n) is 4.62. The van der Waals surface area contributed by atoms with Crippen LogP contribution in [0.25, 0.3) is 0 Å². The molecular formula is C15H21BrO2. The number of unbranched alkanes of at least 4 members (excludes halogenated alkanes) is 3. The van der Waals surface area contributed by atoms with Crippen molar-refractivity contribution in [1.29, 1.82) is 0 Å². The van der Waals surface area contributed by atoms with Crippen molar-refractivity contribution < 1.29 is 9.90 Å². The molecule has 0 aromatic heterocycles. The van der Waals surface area contributed by atoms with Crippen LogP contribution in [0.15, 0.2) is 30.3 Å². The van der Waals surface area contributed by atoms with Crippen LogP contribution in [0.5, 0.6) is 0 Å². The van der Waals surface area contributed by atoms with Gasteiger partial charge >= 0.3 is 5.97 Å². The van der Waals surface area contributed by atoms with Crippen LogP contribution in [-0.2, 0) is 11.2 Å². The van der Waals surface area contributed by atoms with E-state index in [4.69, 9.17) is 0 Å². The van der Waals surface area contributed by atoms with Crippen LogP contribution in [-0.4, -0.2) is 16.4 Å². The number of carbonyl (C=O) groups is 1. The minimum Gasteiger partial charge on any atom is -0.481 e. The first-order valence-corrected chi connectivity index (χ1v) is 7.69. The Morgan fingerprint density at radius 2 is 1.78 bits per heavy atom. The maximum absolute atomic E-state index is 11.2. The quantitative estimate of drug-likeness (QED) is 0.546. The SMILES string of the molecule is O=C(O)C(CCCCCCBr)Cc1ccccc1. The standard InChI is InChI=1S/C15H21BrO2/c16-11-7-2-1-6-10-14(15(17)18)12-13-8-4-3-5-9-13/h3-5,8-9,14H,1-2,6-7,10-12H2,(H,17,18). The number of carboxylic acids is 1. The third kappa shape index (κ3) is 6.20. The summed E-state index contributed by atoms with van der Waals surface area (Å²) in [6.07, 6.45) is 5.93. The van der Waals surface area contributed by atoms with Gasteiger partial charge in [0, 0.05) is 5.33 Å². The molecule has 100 valence electrons. The summed E-state index contributed by atoms with van der Waals surface area (Å²) in [6.45, 7) is 0. The van der Waals surface area contributed by atoms with E-state index in [9.17, 15) is 9.90 Å². The minimum absolute atomic E-state index is 0.239. The van der Waals surface area contributed by atoms with E-state index in [0.29, 0.717) is 6.42 Å². The zero-order chi connectivity index (χ0) is 13.2. The van der Waals surface area contributed by atoms with Crippen LogP contribution in [0, 0.1) is 5.92 Å². The third-order valence-corrected chi connectivity index (χ3v) is 3.67. The van der Waals surface area contributed by atoms with E-state index in [1.165, 1.54) is 12.8 Å². The van der Waals surface area contributed by atoms with E-state index in [1.807, 2.05) is 30.3 Å². The molecule has 0 aliphatic heterocycles. The molecule has 0 bridgehead atoms. The Morgan fingerprint density at radius 1 is 1.11 bits per heavy atom. The first kappa shape index (κ1) is 15.2. The highest BCUT2D eigenvalue weighted by Crippen LogP contribution is 2.17. The summed E-state index contributed by atoms with van der Waals surface area (Å²) in [6, 6.07) is 9.88. The molecule has 1 aromatic rings. The number of benzene rings is 1. The average Bonchev–Trinajstić information content (AvgIpc) is 2.38. The van der Waals surface area contributed by atoms with Crippen molar-refractivity contribution in [3.63, 3.8) is 0 Å². The lowest BCUT2D eigenvalue weighted by Crippen LogP contribution is -2.16. The first-order valence-electron chi connectivity index (χ1n) is 6.56. The summed E-state index contributed by atoms with van der Waals surface area (Å²) in [5, 5.41) is 10.3. The van der Waals surface area contributed by atoms with Gasteiger partial charge in [0.05, 0.1) is 5.92 Å². The molecule has 1 aromatic carbocycles. The van der Waals surface area contributed by atoms with E-state index in [1.54, 1.807) is 0 Å². The molecule has 0 aliphatic rings. The lowest BCUT2D eigenvalue weighted by atomic mass is 9.94. The Bertz CT molecular complexity index is 338. The second-order valence-corrected chi connectivity index (χ2v) is 5.41. The zero-order valence-electron chi connectivity index (χ0n) is 10.6. The van der Waals surface area contributed by atoms with Crippen molar-refractivity contribution in [2.24, 2.45) is 5.92 Å². The van der Waals surface area contributed by atoms with Crippen molar-refractivity contribution in [1.82, 2.24) is 0 Å². The largest absolute Gasteiger partial charge is 0.481 e. The van der Waals surface area contributed by atoms with Crippen molar-refractivity contribution in [2.75, 3.05) is 5.33 Å². The second kappa shape index (κ2) is 9.15. The lowest BCUT2D eigenvalue weighted by Gasteiger charge is -2.12. The number of rotatable bonds is 9. The number of aliphatic carboxylic acids is 1. The van der Waals surface area contributed by atoms with Gasteiger partial charge in [-0.25, -0.2) is 0 Å². The van der Waals surface area contributed by atoms with Gasteiger partial charge in [-0.15, -0.1) is 0 Å². The molecular weight excluding hydrogens is 292 g/mol. The summed E-state index contributed by atoms with van der Waals surface area (Å²) in [7, 11) is 0. The van der Waals surface area contributed by atoms with Crippen LogP contribution < -0.4 is 0 Å². The number of halogens is 1. The topological polar surface area (TPSA) is 37.3 Å². The predicted molar refractivity (Wildman–Crippen MR) is 78.2 cm³/mol. The van der Waals surface area contributed by atoms with Gasteiger partial charge < -0.3 is 5.11 Å². The average molecular weight is 313 g/mol. The number of hydrogen-bond acceptors (Lipinski definition) is 1. The summed E-state index contributed by atoms with van der Waals surface area (Å²) in [5.41, 5.74) is 1.12. The number of carboxylic acid groups (broad SMARTS) is 1. The van der Waals surface area contributed by atoms with Crippen LogP contribution in [0.4, 0.5) is 0 Å². The van der Waals surface area contributed by atoms with E-state index in [0.717, 1.165) is 30.2 Å². The summed E-state index contributed by atoms with van der Waals surface area (Å²) >= 11 is 3.40. The molecule has 2 nitrogen and oxygen atoms in total. The Labute approximate surface area is 118 Å². The number of hydrogen-bond donors (Lipinski definition) is 1. The van der Waals surface area contributed by atoms with Crippen LogP contribution in [0.1, 0.15) is 37.7 Å². The Balaban J connectivity index is 2.34. The highest BCUT2D eigenvalue weighted by atomic mass is 79.9. The fourth-order valence-electron chi connectivity index (χ4n) is 2.05. The van der Waals surface area contributed by atoms with Gasteiger partial charge in [0.25, 0.3) is 0 Å². The predicted octanol–water partition coefficient (Wildman–Crippen LogP) is 4.28. The fourth-order valence-corrected chi connectivity index (χ4v) is 2.45. The Hall–Kier alpha value is -0.830. The van der Waals surface area contributed by atoms with Crippen LogP contribution in [0.3, 0.4) is 0 Å². The Morgan fingerprint density at radius 3 is 2.39 bits per heavy atom. The maximum atomic E-state index is 11.2. The van der Waals surface area contributed by atoms with Crippen LogP contribution in [0.2, 0.25) is 0 Å². The highest BCUT2D eigenvalue weighted by Gasteiger charge is 2.17. The summed E-state index contributed by atoms with van der Waals surface area (Å²) in [5.74, 6) is -0.907. The van der Waals surface area contributed by atoms with E-state index in [-0.39, 0.29) is 5.92 Å². The molecule has 0 saturated carbocycles. The maximum Gasteiger partial charge on any atom is 0.306 e. The molecule has 1 N–H and O–H groups in total. The van der Waals surface area contributed by atoms with Gasteiger partial charge in [-0.3, -0.25) is 4.79 Å². The van der Waals surface area contributed by atoms with E-state index < -0.39 is 5.97 Å². The number of alkyl halides is 1. The van der Waals surface area contributed by atoms with Crippen molar-refractivity contribution in [3.05, 3.63) is 35.9 Å². The molecule has 0 saturated heterocycles. The highest BCUT2D eigenvalue weighted by molar-refractivity contribution is 9.09. The van der Waals surface area contributed by atoms with Crippen molar-refractivity contribution in [3.8, 4) is 0 Å². The molecule has 1 atom stereocenters. The molecule has 1 rings (SSSR count). The van der Waals surface area contributed by atoms with Gasteiger partial charge in [0.2, 0.25) is 0 Å².